The Bertz CT molecular complexity index is 1520. The van der Waals surface area contributed by atoms with Crippen molar-refractivity contribution in [1.29, 1.82) is 5.26 Å². The van der Waals surface area contributed by atoms with Gasteiger partial charge < -0.3 is 10.1 Å². The second-order valence-electron chi connectivity index (χ2n) is 7.34. The van der Waals surface area contributed by atoms with Crippen LogP contribution < -0.4 is 14.4 Å². The smallest absolute Gasteiger partial charge is 0.364 e. The molecule has 0 spiro atoms. The van der Waals surface area contributed by atoms with Crippen LogP contribution in [0.4, 0.5) is 17.1 Å². The Morgan fingerprint density at radius 2 is 1.62 bits per heavy atom. The number of hydrogen-bond acceptors (Lipinski definition) is 5. The van der Waals surface area contributed by atoms with E-state index in [2.05, 4.69) is 5.32 Å². The van der Waals surface area contributed by atoms with Crippen molar-refractivity contribution in [2.45, 2.75) is 6.92 Å². The highest BCUT2D eigenvalue weighted by Gasteiger charge is 2.23. The van der Waals surface area contributed by atoms with Crippen LogP contribution in [0.2, 0.25) is 0 Å². The van der Waals surface area contributed by atoms with Crippen LogP contribution in [0.25, 0.3) is 10.8 Å². The number of carbonyl (C=O) groups is 1. The highest BCUT2D eigenvalue weighted by molar-refractivity contribution is 7.87. The maximum atomic E-state index is 12.2. The lowest BCUT2D eigenvalue weighted by atomic mass is 10.1. The van der Waals surface area contributed by atoms with E-state index in [1.165, 1.54) is 49.4 Å². The molecule has 0 heterocycles. The zero-order valence-electron chi connectivity index (χ0n) is 18.0. The van der Waals surface area contributed by atoms with Gasteiger partial charge in [0.05, 0.1) is 16.9 Å². The summed E-state index contributed by atoms with van der Waals surface area (Å²) in [5.41, 5.74) is 0.692. The van der Waals surface area contributed by atoms with Crippen LogP contribution in [0.3, 0.4) is 0 Å². The number of rotatable bonds is 6. The highest BCUT2D eigenvalue weighted by Crippen LogP contribution is 2.36. The highest BCUT2D eigenvalue weighted by atomic mass is 32.2. The van der Waals surface area contributed by atoms with Crippen molar-refractivity contribution >= 4 is 44.0 Å². The summed E-state index contributed by atoms with van der Waals surface area (Å²) in [6.07, 6.45) is 0. The molecule has 4 aromatic rings. The molecule has 8 nitrogen and oxygen atoms in total. The van der Waals surface area contributed by atoms with Gasteiger partial charge in [0.1, 0.15) is 17.6 Å². The molecule has 0 atom stereocenters. The van der Waals surface area contributed by atoms with Gasteiger partial charge in [0.25, 0.3) is 0 Å². The number of ether oxygens (including phenoxy) is 1. The third-order valence-electron chi connectivity index (χ3n) is 4.94. The summed E-state index contributed by atoms with van der Waals surface area (Å²) < 4.78 is 41.0. The molecule has 0 aromatic heterocycles. The minimum absolute atomic E-state index is 0.0385. The molecule has 0 unspecified atom stereocenters. The fraction of sp³-hybridized carbons (Fsp3) is 0.0400. The quantitative estimate of drug-likeness (QED) is 0.362. The zero-order chi connectivity index (χ0) is 24.3. The van der Waals surface area contributed by atoms with E-state index in [9.17, 15) is 23.0 Å². The number of nitrogens with one attached hydrogen (secondary N) is 1. The van der Waals surface area contributed by atoms with Crippen molar-refractivity contribution in [2.24, 2.45) is 0 Å². The molecule has 2 N–H and O–H groups in total. The van der Waals surface area contributed by atoms with Crippen molar-refractivity contribution < 1.29 is 22.5 Å². The van der Waals surface area contributed by atoms with Gasteiger partial charge >= 0.3 is 10.3 Å². The second-order valence-corrected chi connectivity index (χ2v) is 8.60. The van der Waals surface area contributed by atoms with Crippen LogP contribution in [-0.4, -0.2) is 18.9 Å². The average molecular weight is 474 g/mol. The Labute approximate surface area is 196 Å². The van der Waals surface area contributed by atoms with Crippen LogP contribution in [0.5, 0.6) is 11.5 Å². The van der Waals surface area contributed by atoms with Crippen LogP contribution >= 0.6 is 0 Å². The Morgan fingerprint density at radius 3 is 2.29 bits per heavy atom. The predicted octanol–water partition coefficient (Wildman–Crippen LogP) is 5.40. The number of nitrogens with zero attached hydrogens (tertiary/aromatic N) is 2. The molecule has 0 bridgehead atoms. The molecular weight excluding hydrogens is 454 g/mol. The summed E-state index contributed by atoms with van der Waals surface area (Å²) in [4.78, 5) is 11.2. The number of carbonyl (C=O) groups excluding carboxylic acids is 1. The molecule has 0 radical (unpaired) electrons. The Morgan fingerprint density at radius 1 is 0.941 bits per heavy atom. The van der Waals surface area contributed by atoms with Crippen LogP contribution in [0.1, 0.15) is 12.5 Å². The van der Waals surface area contributed by atoms with Crippen molar-refractivity contribution in [3.05, 3.63) is 90.5 Å². The lowest BCUT2D eigenvalue weighted by Gasteiger charge is -2.22. The molecule has 0 saturated heterocycles. The van der Waals surface area contributed by atoms with E-state index >= 15 is 0 Å². The summed E-state index contributed by atoms with van der Waals surface area (Å²) in [5, 5.41) is 14.1. The van der Waals surface area contributed by atoms with Crippen molar-refractivity contribution in [3.8, 4) is 17.6 Å². The van der Waals surface area contributed by atoms with Gasteiger partial charge in [-0.15, -0.1) is 0 Å². The van der Waals surface area contributed by atoms with Gasteiger partial charge in [-0.1, -0.05) is 36.4 Å². The third kappa shape index (κ3) is 4.83. The number of fused-ring (bicyclic) bond motifs is 1. The van der Waals surface area contributed by atoms with Gasteiger partial charge in [0, 0.05) is 18.0 Å². The first-order valence-corrected chi connectivity index (χ1v) is 11.5. The molecule has 0 aliphatic carbocycles. The van der Waals surface area contributed by atoms with Crippen molar-refractivity contribution in [3.63, 3.8) is 0 Å². The van der Waals surface area contributed by atoms with E-state index in [0.29, 0.717) is 15.7 Å². The molecule has 1 amide bonds. The number of amides is 1. The molecule has 4 aromatic carbocycles. The van der Waals surface area contributed by atoms with Gasteiger partial charge in [-0.2, -0.15) is 13.7 Å². The normalized spacial score (nSPS) is 11.0. The topological polar surface area (TPSA) is 120 Å². The van der Waals surface area contributed by atoms with Gasteiger partial charge in [-0.25, -0.2) is 4.31 Å². The Balaban J connectivity index is 1.72. The van der Waals surface area contributed by atoms with Crippen LogP contribution in [0.15, 0.2) is 84.9 Å². The summed E-state index contributed by atoms with van der Waals surface area (Å²) >= 11 is 0. The maximum absolute atomic E-state index is 12.2. The van der Waals surface area contributed by atoms with Crippen LogP contribution in [0, 0.1) is 11.3 Å². The fourth-order valence-electron chi connectivity index (χ4n) is 3.52. The van der Waals surface area contributed by atoms with E-state index in [0.717, 1.165) is 10.8 Å². The van der Waals surface area contributed by atoms with Crippen molar-refractivity contribution in [2.75, 3.05) is 9.62 Å². The van der Waals surface area contributed by atoms with E-state index in [-0.39, 0.29) is 28.6 Å². The largest absolute Gasteiger partial charge is 0.455 e. The molecule has 9 heteroatoms. The minimum Gasteiger partial charge on any atom is -0.455 e. The summed E-state index contributed by atoms with van der Waals surface area (Å²) in [6.45, 7) is 1.35. The SMILES string of the molecule is CC(=O)Nc1ccc(N(c2ccc(Oc3cccc4ccccc34)c(C#N)c2)S(=O)(=O)O)cc1. The monoisotopic (exact) mass is 473 g/mol. The average Bonchev–Trinajstić information content (AvgIpc) is 2.80. The lowest BCUT2D eigenvalue weighted by Crippen LogP contribution is -2.25. The molecular formula is C25H19N3O5S. The van der Waals surface area contributed by atoms with Crippen LogP contribution in [-0.2, 0) is 15.1 Å². The molecule has 34 heavy (non-hydrogen) atoms. The first-order valence-electron chi connectivity index (χ1n) is 10.1. The van der Waals surface area contributed by atoms with E-state index in [1.807, 2.05) is 42.5 Å². The molecule has 170 valence electrons. The molecule has 0 saturated carbocycles. The van der Waals surface area contributed by atoms with Gasteiger partial charge in [-0.05, 0) is 53.9 Å². The maximum Gasteiger partial charge on any atom is 0.364 e. The first kappa shape index (κ1) is 22.8. The summed E-state index contributed by atoms with van der Waals surface area (Å²) in [6, 6.07) is 25.3. The van der Waals surface area contributed by atoms with E-state index in [4.69, 9.17) is 4.74 Å². The first-order chi connectivity index (χ1) is 16.3. The van der Waals surface area contributed by atoms with E-state index < -0.39 is 10.3 Å². The van der Waals surface area contributed by atoms with Gasteiger partial charge in [0.15, 0.2) is 0 Å². The molecule has 0 fully saturated rings. The second kappa shape index (κ2) is 9.23. The fourth-order valence-corrected chi connectivity index (χ4v) is 4.29. The molecule has 0 aliphatic rings. The lowest BCUT2D eigenvalue weighted by molar-refractivity contribution is -0.114. The minimum atomic E-state index is -4.74. The Kier molecular flexibility index (Phi) is 6.19. The Hall–Kier alpha value is -4.39. The van der Waals surface area contributed by atoms with E-state index in [1.54, 1.807) is 6.07 Å². The number of hydrogen-bond donors (Lipinski definition) is 2. The zero-order valence-corrected chi connectivity index (χ0v) is 18.8. The number of benzene rings is 4. The number of nitriles is 1. The molecule has 4 rings (SSSR count). The summed E-state index contributed by atoms with van der Waals surface area (Å²) in [7, 11) is -4.74. The third-order valence-corrected chi connectivity index (χ3v) is 5.82. The predicted molar refractivity (Wildman–Crippen MR) is 130 cm³/mol. The summed E-state index contributed by atoms with van der Waals surface area (Å²) in [5.74, 6) is 0.501. The van der Waals surface area contributed by atoms with Gasteiger partial charge in [-0.3, -0.25) is 9.35 Å². The molecule has 0 aliphatic heterocycles. The van der Waals surface area contributed by atoms with Crippen molar-refractivity contribution in [1.82, 2.24) is 0 Å². The number of anilines is 3. The standard InChI is InChI=1S/C25H19N3O5S/c1-17(29)27-20-9-11-21(12-10-20)28(34(30,31)32)22-13-14-24(19(15-22)16-26)33-25-8-4-6-18-5-2-3-7-23(18)25/h2-15H,1H3,(H,27,29)(H,30,31,32). The van der Waals surface area contributed by atoms with Gasteiger partial charge in [0.2, 0.25) is 5.91 Å².